The zero-order valence-electron chi connectivity index (χ0n) is 25.4. The molecule has 3 heterocycles. The Kier molecular flexibility index (Phi) is 10.9. The Labute approximate surface area is 252 Å². The van der Waals surface area contributed by atoms with Gasteiger partial charge in [0.05, 0.1) is 17.3 Å². The largest absolute Gasteiger partial charge is 0.385 e. The van der Waals surface area contributed by atoms with Crippen LogP contribution in [0.4, 0.5) is 4.39 Å². The highest BCUT2D eigenvalue weighted by Crippen LogP contribution is 2.31. The number of rotatable bonds is 10. The molecule has 226 valence electrons. The van der Waals surface area contributed by atoms with E-state index in [0.29, 0.717) is 25.4 Å². The molecule has 0 saturated carbocycles. The molecule has 0 aliphatic carbocycles. The number of hydrogen-bond donors (Lipinski definition) is 1. The van der Waals surface area contributed by atoms with Gasteiger partial charge < -0.3 is 15.0 Å². The average molecular weight is 587 g/mol. The first kappa shape index (κ1) is 31.7. The molecule has 0 radical (unpaired) electrons. The Bertz CT molecular complexity index is 1450. The molecule has 1 N–H and O–H groups in total. The molecule has 10 heteroatoms. The van der Waals surface area contributed by atoms with Crippen LogP contribution in [-0.4, -0.2) is 75.5 Å². The Morgan fingerprint density at radius 3 is 2.47 bits per heavy atom. The number of hydrogen-bond acceptors (Lipinski definition) is 7. The van der Waals surface area contributed by atoms with Crippen LogP contribution in [0.25, 0.3) is 11.4 Å². The second-order valence-corrected chi connectivity index (χ2v) is 10.9. The van der Waals surface area contributed by atoms with Crippen molar-refractivity contribution in [3.63, 3.8) is 0 Å². The molecule has 1 aliphatic rings. The number of carbonyl (C=O) groups is 2. The highest BCUT2D eigenvalue weighted by molar-refractivity contribution is 5.89. The summed E-state index contributed by atoms with van der Waals surface area (Å²) in [6.07, 6.45) is 5.39. The quantitative estimate of drug-likeness (QED) is 0.359. The van der Waals surface area contributed by atoms with Crippen LogP contribution in [0.2, 0.25) is 0 Å². The van der Waals surface area contributed by atoms with Crippen molar-refractivity contribution in [3.8, 4) is 23.2 Å². The molecular weight excluding hydrogens is 547 g/mol. The first-order valence-corrected chi connectivity index (χ1v) is 14.5. The van der Waals surface area contributed by atoms with Crippen molar-refractivity contribution >= 4 is 11.8 Å². The van der Waals surface area contributed by atoms with E-state index in [1.807, 2.05) is 49.9 Å². The van der Waals surface area contributed by atoms with Gasteiger partial charge in [0.2, 0.25) is 11.8 Å². The fraction of sp³-hybridized carbons (Fsp3) is 0.424. The lowest BCUT2D eigenvalue weighted by Crippen LogP contribution is -2.65. The Morgan fingerprint density at radius 2 is 1.81 bits per heavy atom. The third-order valence-corrected chi connectivity index (χ3v) is 7.54. The van der Waals surface area contributed by atoms with Gasteiger partial charge in [-0.25, -0.2) is 14.4 Å². The van der Waals surface area contributed by atoms with Gasteiger partial charge in [0, 0.05) is 69.5 Å². The minimum Gasteiger partial charge on any atom is -0.385 e. The van der Waals surface area contributed by atoms with Gasteiger partial charge in [0.25, 0.3) is 0 Å². The van der Waals surface area contributed by atoms with Crippen LogP contribution in [0.3, 0.4) is 0 Å². The number of amides is 2. The van der Waals surface area contributed by atoms with Gasteiger partial charge in [-0.2, -0.15) is 0 Å². The van der Waals surface area contributed by atoms with Crippen molar-refractivity contribution in [2.45, 2.75) is 58.8 Å². The van der Waals surface area contributed by atoms with Gasteiger partial charge in [-0.05, 0) is 38.0 Å². The summed E-state index contributed by atoms with van der Waals surface area (Å²) in [5.74, 6) is 5.05. The van der Waals surface area contributed by atoms with Gasteiger partial charge in [-0.3, -0.25) is 19.5 Å². The lowest BCUT2D eigenvalue weighted by molar-refractivity contribution is -0.151. The van der Waals surface area contributed by atoms with Gasteiger partial charge in [0.15, 0.2) is 11.6 Å². The molecule has 4 rings (SSSR count). The van der Waals surface area contributed by atoms with E-state index < -0.39 is 17.9 Å². The molecule has 1 saturated heterocycles. The number of halogens is 1. The number of methoxy groups -OCH3 is 1. The minimum absolute atomic E-state index is 0.0996. The van der Waals surface area contributed by atoms with Crippen LogP contribution in [0.15, 0.2) is 55.0 Å². The lowest BCUT2D eigenvalue weighted by Gasteiger charge is -2.47. The topological polar surface area (TPSA) is 101 Å². The van der Waals surface area contributed by atoms with E-state index in [9.17, 15) is 9.59 Å². The third kappa shape index (κ3) is 7.61. The maximum absolute atomic E-state index is 15.6. The highest BCUT2D eigenvalue weighted by atomic mass is 19.1. The highest BCUT2D eigenvalue weighted by Gasteiger charge is 2.42. The molecule has 3 atom stereocenters. The van der Waals surface area contributed by atoms with Crippen LogP contribution in [-0.2, 0) is 20.9 Å². The van der Waals surface area contributed by atoms with Gasteiger partial charge in [-0.15, -0.1) is 5.92 Å². The fourth-order valence-corrected chi connectivity index (χ4v) is 5.42. The van der Waals surface area contributed by atoms with E-state index in [1.165, 1.54) is 0 Å². The molecular formula is C33H39FN6O3. The van der Waals surface area contributed by atoms with Crippen LogP contribution in [0.5, 0.6) is 0 Å². The normalized spacial score (nSPS) is 17.7. The predicted molar refractivity (Wildman–Crippen MR) is 162 cm³/mol. The van der Waals surface area contributed by atoms with Crippen LogP contribution in [0.1, 0.15) is 57.0 Å². The standard InChI is InChI=1S/C33H39FN6O3/c1-6-8-25-13-17-35-30(29(25)34)27(14-18-43-5)39-20-23(4)40(33(42)22(2)3)28(21-39)32(41)38-19-24-9-11-26(12-10-24)31-36-15-7-16-37-31/h7,9-13,15-17,22-23,27-28H,14,18-21H2,1-5H3,(H,38,41)/t23-,27-,28-/m1/s1. The second kappa shape index (κ2) is 14.8. The van der Waals surface area contributed by atoms with E-state index in [2.05, 4.69) is 32.1 Å². The average Bonchev–Trinajstić information content (AvgIpc) is 3.01. The summed E-state index contributed by atoms with van der Waals surface area (Å²) < 4.78 is 21.0. The van der Waals surface area contributed by atoms with E-state index in [0.717, 1.165) is 11.1 Å². The number of piperazine rings is 1. The van der Waals surface area contributed by atoms with E-state index in [-0.39, 0.29) is 48.1 Å². The molecule has 0 unspecified atom stereocenters. The summed E-state index contributed by atoms with van der Waals surface area (Å²) in [7, 11) is 1.59. The molecule has 1 aromatic carbocycles. The SMILES string of the molecule is CC#Cc1ccnc([C@@H](CCOC)N2C[C@@H](C)N(C(=O)C(C)C)[C@@H](C(=O)NCc3ccc(-c4ncccn4)cc3)C2)c1F. The monoisotopic (exact) mass is 586 g/mol. The molecule has 2 amide bonds. The number of nitrogens with zero attached hydrogens (tertiary/aromatic N) is 5. The zero-order chi connectivity index (χ0) is 30.9. The number of ether oxygens (including phenoxy) is 1. The second-order valence-electron chi connectivity index (χ2n) is 10.9. The van der Waals surface area contributed by atoms with Crippen molar-refractivity contribution in [1.29, 1.82) is 0 Å². The number of carbonyl (C=O) groups excluding carboxylic acids is 2. The first-order chi connectivity index (χ1) is 20.7. The van der Waals surface area contributed by atoms with E-state index in [4.69, 9.17) is 4.74 Å². The van der Waals surface area contributed by atoms with Crippen LogP contribution >= 0.6 is 0 Å². The van der Waals surface area contributed by atoms with Gasteiger partial charge >= 0.3 is 0 Å². The van der Waals surface area contributed by atoms with Gasteiger partial charge in [0.1, 0.15) is 6.04 Å². The lowest BCUT2D eigenvalue weighted by atomic mass is 9.97. The third-order valence-electron chi connectivity index (χ3n) is 7.54. The Balaban J connectivity index is 1.58. The van der Waals surface area contributed by atoms with Crippen LogP contribution in [0, 0.1) is 23.6 Å². The molecule has 3 aromatic rings. The van der Waals surface area contributed by atoms with Crippen molar-refractivity contribution < 1.29 is 18.7 Å². The molecule has 9 nitrogen and oxygen atoms in total. The number of benzene rings is 1. The fourth-order valence-electron chi connectivity index (χ4n) is 5.42. The molecule has 1 fully saturated rings. The zero-order valence-corrected chi connectivity index (χ0v) is 25.4. The molecule has 0 bridgehead atoms. The van der Waals surface area contributed by atoms with E-state index >= 15 is 4.39 Å². The maximum Gasteiger partial charge on any atom is 0.244 e. The molecule has 43 heavy (non-hydrogen) atoms. The van der Waals surface area contributed by atoms with E-state index in [1.54, 1.807) is 49.7 Å². The Hall–Kier alpha value is -4.20. The number of nitrogens with one attached hydrogen (secondary N) is 1. The summed E-state index contributed by atoms with van der Waals surface area (Å²) in [6.45, 7) is 8.56. The summed E-state index contributed by atoms with van der Waals surface area (Å²) in [4.78, 5) is 43.8. The predicted octanol–water partition coefficient (Wildman–Crippen LogP) is 4.00. The van der Waals surface area contributed by atoms with Crippen molar-refractivity contribution in [2.24, 2.45) is 5.92 Å². The molecule has 0 spiro atoms. The molecule has 1 aliphatic heterocycles. The van der Waals surface area contributed by atoms with Gasteiger partial charge in [-0.1, -0.05) is 44.0 Å². The smallest absolute Gasteiger partial charge is 0.244 e. The summed E-state index contributed by atoms with van der Waals surface area (Å²) in [5, 5.41) is 3.03. The summed E-state index contributed by atoms with van der Waals surface area (Å²) in [6, 6.07) is 9.43. The van der Waals surface area contributed by atoms with Crippen molar-refractivity contribution in [1.82, 2.24) is 30.1 Å². The Morgan fingerprint density at radius 1 is 1.09 bits per heavy atom. The van der Waals surface area contributed by atoms with Crippen molar-refractivity contribution in [3.05, 3.63) is 77.6 Å². The van der Waals surface area contributed by atoms with Crippen molar-refractivity contribution in [2.75, 3.05) is 26.8 Å². The summed E-state index contributed by atoms with van der Waals surface area (Å²) >= 11 is 0. The van der Waals surface area contributed by atoms with Crippen LogP contribution < -0.4 is 5.32 Å². The molecule has 2 aromatic heterocycles. The number of pyridine rings is 1. The first-order valence-electron chi connectivity index (χ1n) is 14.5. The maximum atomic E-state index is 15.6. The summed E-state index contributed by atoms with van der Waals surface area (Å²) in [5.41, 5.74) is 2.30. The minimum atomic E-state index is -0.776. The number of aromatic nitrogens is 3.